The zero-order valence-electron chi connectivity index (χ0n) is 15.6. The average Bonchev–Trinajstić information content (AvgIpc) is 3.11. The molecule has 1 aromatic carbocycles. The Kier molecular flexibility index (Phi) is 4.32. The molecule has 4 heteroatoms. The summed E-state index contributed by atoms with van der Waals surface area (Å²) in [6, 6.07) is 7.27. The van der Waals surface area contributed by atoms with E-state index >= 15 is 0 Å². The van der Waals surface area contributed by atoms with Gasteiger partial charge < -0.3 is 9.88 Å². The van der Waals surface area contributed by atoms with E-state index in [-0.39, 0.29) is 0 Å². The molecule has 0 amide bonds. The molecule has 0 radical (unpaired) electrons. The van der Waals surface area contributed by atoms with Crippen LogP contribution in [0.1, 0.15) is 43.9 Å². The highest BCUT2D eigenvalue weighted by Gasteiger charge is 2.21. The van der Waals surface area contributed by atoms with E-state index in [4.69, 9.17) is 4.98 Å². The van der Waals surface area contributed by atoms with Crippen LogP contribution < -0.4 is 5.32 Å². The zero-order chi connectivity index (χ0) is 17.6. The van der Waals surface area contributed by atoms with E-state index < -0.39 is 0 Å². The number of rotatable bonds is 3. The van der Waals surface area contributed by atoms with Gasteiger partial charge in [-0.3, -0.25) is 0 Å². The van der Waals surface area contributed by atoms with Crippen LogP contribution in [-0.2, 0) is 7.05 Å². The Morgan fingerprint density at radius 3 is 2.88 bits per heavy atom. The van der Waals surface area contributed by atoms with Crippen molar-refractivity contribution in [3.05, 3.63) is 34.8 Å². The number of anilines is 1. The first-order valence-electron chi connectivity index (χ1n) is 9.31. The van der Waals surface area contributed by atoms with Crippen LogP contribution in [0.4, 0.5) is 5.13 Å². The SMILES string of the molecule is Cc1ccc2c(c1)c(-c1csc(NC3CCCC(C)C3)n1)c(C)n2C. The van der Waals surface area contributed by atoms with Crippen molar-refractivity contribution in [3.8, 4) is 11.3 Å². The third-order valence-electron chi connectivity index (χ3n) is 5.67. The summed E-state index contributed by atoms with van der Waals surface area (Å²) in [5.41, 5.74) is 6.24. The monoisotopic (exact) mass is 353 g/mol. The maximum absolute atomic E-state index is 4.95. The number of benzene rings is 1. The van der Waals surface area contributed by atoms with Gasteiger partial charge in [-0.15, -0.1) is 11.3 Å². The first-order chi connectivity index (χ1) is 12.0. The van der Waals surface area contributed by atoms with Gasteiger partial charge in [0, 0.05) is 40.6 Å². The summed E-state index contributed by atoms with van der Waals surface area (Å²) in [4.78, 5) is 4.95. The molecule has 2 unspecified atom stereocenters. The lowest BCUT2D eigenvalue weighted by atomic mass is 9.87. The summed E-state index contributed by atoms with van der Waals surface area (Å²) in [5.74, 6) is 0.828. The largest absolute Gasteiger partial charge is 0.359 e. The van der Waals surface area contributed by atoms with Crippen molar-refractivity contribution in [3.63, 3.8) is 0 Å². The van der Waals surface area contributed by atoms with Gasteiger partial charge in [0.2, 0.25) is 0 Å². The molecule has 1 saturated carbocycles. The van der Waals surface area contributed by atoms with Gasteiger partial charge in [0.15, 0.2) is 5.13 Å². The molecule has 3 nitrogen and oxygen atoms in total. The molecule has 0 aliphatic heterocycles. The normalized spacial score (nSPS) is 21.0. The second kappa shape index (κ2) is 6.49. The van der Waals surface area contributed by atoms with Gasteiger partial charge in [0.25, 0.3) is 0 Å². The number of aryl methyl sites for hydroxylation is 2. The van der Waals surface area contributed by atoms with Crippen LogP contribution in [-0.4, -0.2) is 15.6 Å². The minimum atomic E-state index is 0.582. The van der Waals surface area contributed by atoms with Crippen LogP contribution in [0.15, 0.2) is 23.6 Å². The minimum absolute atomic E-state index is 0.582. The number of aromatic nitrogens is 2. The Hall–Kier alpha value is -1.81. The highest BCUT2D eigenvalue weighted by atomic mass is 32.1. The lowest BCUT2D eigenvalue weighted by Gasteiger charge is -2.27. The molecule has 3 aromatic rings. The smallest absolute Gasteiger partial charge is 0.183 e. The van der Waals surface area contributed by atoms with Gasteiger partial charge in [0.1, 0.15) is 0 Å². The quantitative estimate of drug-likeness (QED) is 0.634. The maximum Gasteiger partial charge on any atom is 0.183 e. The first-order valence-corrected chi connectivity index (χ1v) is 10.2. The van der Waals surface area contributed by atoms with E-state index in [2.05, 4.69) is 61.3 Å². The van der Waals surface area contributed by atoms with Gasteiger partial charge in [-0.25, -0.2) is 4.98 Å². The third kappa shape index (κ3) is 3.08. The fourth-order valence-electron chi connectivity index (χ4n) is 4.20. The van der Waals surface area contributed by atoms with Crippen molar-refractivity contribution in [2.75, 3.05) is 5.32 Å². The summed E-state index contributed by atoms with van der Waals surface area (Å²) in [5, 5.41) is 8.27. The predicted octanol–water partition coefficient (Wildman–Crippen LogP) is 5.91. The molecule has 0 bridgehead atoms. The highest BCUT2D eigenvalue weighted by Crippen LogP contribution is 2.36. The summed E-state index contributed by atoms with van der Waals surface area (Å²) in [6.07, 6.45) is 5.24. The van der Waals surface area contributed by atoms with Crippen LogP contribution in [0, 0.1) is 19.8 Å². The molecular weight excluding hydrogens is 326 g/mol. The van der Waals surface area contributed by atoms with Gasteiger partial charge >= 0.3 is 0 Å². The number of thiazole rings is 1. The minimum Gasteiger partial charge on any atom is -0.359 e. The molecule has 132 valence electrons. The number of hydrogen-bond donors (Lipinski definition) is 1. The van der Waals surface area contributed by atoms with Crippen LogP contribution in [0.2, 0.25) is 0 Å². The van der Waals surface area contributed by atoms with Crippen LogP contribution in [0.3, 0.4) is 0 Å². The van der Waals surface area contributed by atoms with E-state index in [1.807, 2.05) is 0 Å². The fraction of sp³-hybridized carbons (Fsp3) is 0.476. The van der Waals surface area contributed by atoms with Crippen molar-refractivity contribution in [2.45, 2.75) is 52.5 Å². The summed E-state index contributed by atoms with van der Waals surface area (Å²) >= 11 is 1.74. The summed E-state index contributed by atoms with van der Waals surface area (Å²) < 4.78 is 2.28. The Morgan fingerprint density at radius 2 is 2.08 bits per heavy atom. The number of nitrogens with one attached hydrogen (secondary N) is 1. The van der Waals surface area contributed by atoms with Crippen LogP contribution in [0.5, 0.6) is 0 Å². The van der Waals surface area contributed by atoms with E-state index in [0.29, 0.717) is 6.04 Å². The van der Waals surface area contributed by atoms with Gasteiger partial charge in [-0.1, -0.05) is 31.4 Å². The molecule has 2 aromatic heterocycles. The van der Waals surface area contributed by atoms with Gasteiger partial charge in [0.05, 0.1) is 5.69 Å². The van der Waals surface area contributed by atoms with Crippen LogP contribution >= 0.6 is 11.3 Å². The second-order valence-electron chi connectivity index (χ2n) is 7.69. The molecule has 1 N–H and O–H groups in total. The number of fused-ring (bicyclic) bond motifs is 1. The number of nitrogens with zero attached hydrogens (tertiary/aromatic N) is 2. The molecule has 4 rings (SSSR count). The molecular formula is C21H27N3S. The van der Waals surface area contributed by atoms with Gasteiger partial charge in [-0.05, 0) is 44.7 Å². The predicted molar refractivity (Wildman–Crippen MR) is 109 cm³/mol. The van der Waals surface area contributed by atoms with Crippen molar-refractivity contribution in [1.82, 2.24) is 9.55 Å². The van der Waals surface area contributed by atoms with Crippen molar-refractivity contribution in [1.29, 1.82) is 0 Å². The number of hydrogen-bond acceptors (Lipinski definition) is 3. The molecule has 25 heavy (non-hydrogen) atoms. The average molecular weight is 354 g/mol. The summed E-state index contributed by atoms with van der Waals surface area (Å²) in [6.45, 7) is 6.71. The molecule has 2 atom stereocenters. The Labute approximate surface area is 154 Å². The Balaban J connectivity index is 1.67. The molecule has 1 aliphatic carbocycles. The fourth-order valence-corrected chi connectivity index (χ4v) is 4.98. The summed E-state index contributed by atoms with van der Waals surface area (Å²) in [7, 11) is 2.14. The van der Waals surface area contributed by atoms with Crippen molar-refractivity contribution >= 4 is 27.4 Å². The zero-order valence-corrected chi connectivity index (χ0v) is 16.4. The van der Waals surface area contributed by atoms with Crippen molar-refractivity contribution < 1.29 is 0 Å². The molecule has 1 aliphatic rings. The molecule has 2 heterocycles. The van der Waals surface area contributed by atoms with E-state index in [1.165, 1.54) is 53.4 Å². The molecule has 0 spiro atoms. The van der Waals surface area contributed by atoms with Crippen LogP contribution in [0.25, 0.3) is 22.2 Å². The Bertz CT molecular complexity index is 905. The van der Waals surface area contributed by atoms with E-state index in [0.717, 1.165) is 16.7 Å². The van der Waals surface area contributed by atoms with E-state index in [9.17, 15) is 0 Å². The maximum atomic E-state index is 4.95. The highest BCUT2D eigenvalue weighted by molar-refractivity contribution is 7.14. The standard InChI is InChI=1S/C21H27N3S/c1-13-6-5-7-16(10-13)22-21-23-18(12-25-21)20-15(3)24(4)19-9-8-14(2)11-17(19)20/h8-9,11-13,16H,5-7,10H2,1-4H3,(H,22,23). The van der Waals surface area contributed by atoms with Gasteiger partial charge in [-0.2, -0.15) is 0 Å². The Morgan fingerprint density at radius 1 is 1.24 bits per heavy atom. The third-order valence-corrected chi connectivity index (χ3v) is 6.45. The first kappa shape index (κ1) is 16.6. The lowest BCUT2D eigenvalue weighted by molar-refractivity contribution is 0.358. The lowest BCUT2D eigenvalue weighted by Crippen LogP contribution is -2.26. The topological polar surface area (TPSA) is 29.9 Å². The van der Waals surface area contributed by atoms with Crippen molar-refractivity contribution in [2.24, 2.45) is 13.0 Å². The molecule has 0 saturated heterocycles. The van der Waals surface area contributed by atoms with E-state index in [1.54, 1.807) is 11.3 Å². The molecule has 1 fully saturated rings. The second-order valence-corrected chi connectivity index (χ2v) is 8.55.